The van der Waals surface area contributed by atoms with Crippen LogP contribution in [0.2, 0.25) is 5.02 Å². The van der Waals surface area contributed by atoms with Crippen molar-refractivity contribution < 1.29 is 14.3 Å². The number of halogens is 1. The molecule has 168 valence electrons. The molecule has 0 fully saturated rings. The van der Waals surface area contributed by atoms with Crippen molar-refractivity contribution in [1.82, 2.24) is 9.38 Å². The number of amides is 2. The second-order valence-corrected chi connectivity index (χ2v) is 7.67. The van der Waals surface area contributed by atoms with Gasteiger partial charge in [-0.3, -0.25) is 9.20 Å². The van der Waals surface area contributed by atoms with E-state index in [2.05, 4.69) is 15.6 Å². The van der Waals surface area contributed by atoms with Gasteiger partial charge in [0.15, 0.2) is 0 Å². The van der Waals surface area contributed by atoms with Gasteiger partial charge in [-0.05, 0) is 48.9 Å². The number of nitrogens with zero attached hydrogens (tertiary/aromatic N) is 2. The van der Waals surface area contributed by atoms with E-state index >= 15 is 0 Å². The minimum Gasteiger partial charge on any atom is -0.495 e. The Bertz CT molecular complexity index is 1390. The van der Waals surface area contributed by atoms with Gasteiger partial charge in [0.2, 0.25) is 0 Å². The van der Waals surface area contributed by atoms with E-state index < -0.39 is 6.03 Å². The molecule has 4 rings (SSSR count). The van der Waals surface area contributed by atoms with Crippen molar-refractivity contribution in [3.8, 4) is 11.5 Å². The maximum atomic E-state index is 12.6. The van der Waals surface area contributed by atoms with Crippen LogP contribution >= 0.6 is 11.6 Å². The quantitative estimate of drug-likeness (QED) is 0.424. The van der Waals surface area contributed by atoms with Gasteiger partial charge in [-0.25, -0.2) is 9.78 Å². The van der Waals surface area contributed by atoms with E-state index in [1.54, 1.807) is 42.5 Å². The molecule has 0 radical (unpaired) electrons. The second kappa shape index (κ2) is 9.62. The molecule has 33 heavy (non-hydrogen) atoms. The van der Waals surface area contributed by atoms with Crippen molar-refractivity contribution in [3.05, 3.63) is 93.5 Å². The topological polar surface area (TPSA) is 94.0 Å². The summed E-state index contributed by atoms with van der Waals surface area (Å²) in [5.41, 5.74) is 2.64. The first-order valence-electron chi connectivity index (χ1n) is 10.1. The van der Waals surface area contributed by atoms with Gasteiger partial charge in [-0.15, -0.1) is 0 Å². The first-order chi connectivity index (χ1) is 15.9. The number of hydrogen-bond acceptors (Lipinski definition) is 5. The summed E-state index contributed by atoms with van der Waals surface area (Å²) < 4.78 is 12.5. The number of fused-ring (bicyclic) bond motifs is 1. The van der Waals surface area contributed by atoms with Gasteiger partial charge in [0.25, 0.3) is 5.56 Å². The highest BCUT2D eigenvalue weighted by Gasteiger charge is 2.12. The lowest BCUT2D eigenvalue weighted by Gasteiger charge is -2.14. The number of rotatable bonds is 6. The molecule has 2 aromatic carbocycles. The molecular weight excluding hydrogens is 444 g/mol. The van der Waals surface area contributed by atoms with Crippen molar-refractivity contribution in [3.63, 3.8) is 0 Å². The Labute approximate surface area is 194 Å². The third-order valence-corrected chi connectivity index (χ3v) is 5.01. The van der Waals surface area contributed by atoms with Gasteiger partial charge in [-0.1, -0.05) is 29.8 Å². The highest BCUT2D eigenvalue weighted by molar-refractivity contribution is 6.30. The van der Waals surface area contributed by atoms with Crippen LogP contribution in [-0.2, 0) is 6.61 Å². The lowest BCUT2D eigenvalue weighted by molar-refractivity contribution is 0.261. The maximum Gasteiger partial charge on any atom is 0.323 e. The predicted octanol–water partition coefficient (Wildman–Crippen LogP) is 4.89. The molecule has 2 heterocycles. The number of benzene rings is 2. The number of carbonyl (C=O) groups excluding carboxylic acids is 1. The second-order valence-electron chi connectivity index (χ2n) is 7.23. The molecule has 0 aliphatic heterocycles. The number of para-hydroxylation sites is 2. The Morgan fingerprint density at radius 2 is 1.82 bits per heavy atom. The Hall–Kier alpha value is -4.04. The molecule has 0 aliphatic carbocycles. The average Bonchev–Trinajstić information content (AvgIpc) is 2.79. The summed E-state index contributed by atoms with van der Waals surface area (Å²) in [7, 11) is 1.54. The summed E-state index contributed by atoms with van der Waals surface area (Å²) in [4.78, 5) is 29.4. The number of aryl methyl sites for hydroxylation is 1. The fourth-order valence-corrected chi connectivity index (χ4v) is 3.40. The number of aromatic nitrogens is 2. The van der Waals surface area contributed by atoms with Gasteiger partial charge in [0.1, 0.15) is 23.8 Å². The summed E-state index contributed by atoms with van der Waals surface area (Å²) in [6.07, 6.45) is 1.51. The Morgan fingerprint density at radius 3 is 2.64 bits per heavy atom. The van der Waals surface area contributed by atoms with Crippen LogP contribution in [0.5, 0.6) is 11.5 Å². The molecule has 0 unspecified atom stereocenters. The lowest BCUT2D eigenvalue weighted by Crippen LogP contribution is -2.20. The number of nitrogens with one attached hydrogen (secondary N) is 2. The number of hydrogen-bond donors (Lipinski definition) is 2. The highest BCUT2D eigenvalue weighted by Crippen LogP contribution is 2.27. The zero-order chi connectivity index (χ0) is 23.4. The van der Waals surface area contributed by atoms with Crippen LogP contribution in [0.15, 0.2) is 71.7 Å². The molecule has 2 N–H and O–H groups in total. The van der Waals surface area contributed by atoms with Crippen LogP contribution in [0.3, 0.4) is 0 Å². The van der Waals surface area contributed by atoms with Crippen LogP contribution in [0.25, 0.3) is 5.65 Å². The molecule has 8 nitrogen and oxygen atoms in total. The fourth-order valence-electron chi connectivity index (χ4n) is 3.24. The van der Waals surface area contributed by atoms with Gasteiger partial charge in [0, 0.05) is 12.3 Å². The minimum atomic E-state index is -0.450. The standard InChI is InChI=1S/C24H21ClN4O4/c1-15-7-9-20(32-2)19(11-15)28-24(31)27-18-5-3-4-6-21(18)33-14-17-12-23(30)29-13-16(25)8-10-22(29)26-17/h3-13H,14H2,1-2H3,(H2,27,28,31). The number of ether oxygens (including phenoxy) is 2. The summed E-state index contributed by atoms with van der Waals surface area (Å²) in [5.74, 6) is 0.984. The van der Waals surface area contributed by atoms with E-state index in [1.807, 2.05) is 19.1 Å². The third kappa shape index (κ3) is 5.24. The Balaban J connectivity index is 1.48. The Kier molecular flexibility index (Phi) is 6.46. The van der Waals surface area contributed by atoms with Crippen LogP contribution in [-0.4, -0.2) is 22.5 Å². The average molecular weight is 465 g/mol. The number of anilines is 2. The molecule has 2 aromatic heterocycles. The number of methoxy groups -OCH3 is 1. The monoisotopic (exact) mass is 464 g/mol. The molecule has 9 heteroatoms. The first-order valence-corrected chi connectivity index (χ1v) is 10.4. The number of carbonyl (C=O) groups is 1. The molecule has 0 aliphatic rings. The number of pyridine rings is 1. The molecule has 0 spiro atoms. The van der Waals surface area contributed by atoms with Crippen molar-refractivity contribution in [2.75, 3.05) is 17.7 Å². The highest BCUT2D eigenvalue weighted by atomic mass is 35.5. The smallest absolute Gasteiger partial charge is 0.323 e. The van der Waals surface area contributed by atoms with Gasteiger partial charge < -0.3 is 20.1 Å². The summed E-state index contributed by atoms with van der Waals surface area (Å²) in [5, 5.41) is 6.01. The van der Waals surface area contributed by atoms with E-state index in [-0.39, 0.29) is 12.2 Å². The molecule has 0 saturated carbocycles. The molecular formula is C24H21ClN4O4. The van der Waals surface area contributed by atoms with Gasteiger partial charge >= 0.3 is 6.03 Å². The van der Waals surface area contributed by atoms with Crippen LogP contribution in [0.1, 0.15) is 11.3 Å². The summed E-state index contributed by atoms with van der Waals surface area (Å²) >= 11 is 5.95. The van der Waals surface area contributed by atoms with Gasteiger partial charge in [0.05, 0.1) is 29.2 Å². The van der Waals surface area contributed by atoms with E-state index in [9.17, 15) is 9.59 Å². The number of urea groups is 1. The molecule has 0 saturated heterocycles. The summed E-state index contributed by atoms with van der Waals surface area (Å²) in [6, 6.07) is 16.8. The van der Waals surface area contributed by atoms with Crippen LogP contribution in [0, 0.1) is 6.92 Å². The largest absolute Gasteiger partial charge is 0.495 e. The van der Waals surface area contributed by atoms with Crippen molar-refractivity contribution in [2.24, 2.45) is 0 Å². The molecule has 0 bridgehead atoms. The third-order valence-electron chi connectivity index (χ3n) is 4.79. The van der Waals surface area contributed by atoms with E-state index in [4.69, 9.17) is 21.1 Å². The van der Waals surface area contributed by atoms with E-state index in [0.717, 1.165) is 5.56 Å². The molecule has 0 atom stereocenters. The fraction of sp³-hybridized carbons (Fsp3) is 0.125. The SMILES string of the molecule is COc1ccc(C)cc1NC(=O)Nc1ccccc1OCc1cc(=O)n2cc(Cl)ccc2n1. The van der Waals surface area contributed by atoms with Crippen molar-refractivity contribution in [2.45, 2.75) is 13.5 Å². The zero-order valence-electron chi connectivity index (χ0n) is 18.0. The minimum absolute atomic E-state index is 0.0420. The van der Waals surface area contributed by atoms with Crippen LogP contribution < -0.4 is 25.7 Å². The van der Waals surface area contributed by atoms with Gasteiger partial charge in [-0.2, -0.15) is 0 Å². The Morgan fingerprint density at radius 1 is 1.03 bits per heavy atom. The lowest BCUT2D eigenvalue weighted by atomic mass is 10.2. The zero-order valence-corrected chi connectivity index (χ0v) is 18.7. The van der Waals surface area contributed by atoms with E-state index in [1.165, 1.54) is 23.8 Å². The normalized spacial score (nSPS) is 10.6. The van der Waals surface area contributed by atoms with Crippen molar-refractivity contribution in [1.29, 1.82) is 0 Å². The maximum absolute atomic E-state index is 12.6. The van der Waals surface area contributed by atoms with Crippen LogP contribution in [0.4, 0.5) is 16.2 Å². The van der Waals surface area contributed by atoms with E-state index in [0.29, 0.717) is 39.2 Å². The molecule has 2 amide bonds. The first kappa shape index (κ1) is 22.2. The van der Waals surface area contributed by atoms with Crippen molar-refractivity contribution >= 4 is 34.7 Å². The predicted molar refractivity (Wildman–Crippen MR) is 128 cm³/mol. The summed E-state index contributed by atoms with van der Waals surface area (Å²) in [6.45, 7) is 1.97. The molecule has 4 aromatic rings.